The van der Waals surface area contributed by atoms with Crippen LogP contribution in [0.1, 0.15) is 32.6 Å². The third kappa shape index (κ3) is 1.26. The SMILES string of the molecule is C[C@@H]1CC(=O)N[C@H]2CC[C@@H]1C2. The second kappa shape index (κ2) is 2.50. The molecule has 0 aromatic heterocycles. The van der Waals surface area contributed by atoms with Crippen LogP contribution in [-0.2, 0) is 4.79 Å². The second-order valence-electron chi connectivity index (χ2n) is 4.02. The van der Waals surface area contributed by atoms with Crippen molar-refractivity contribution in [3.8, 4) is 0 Å². The number of amides is 1. The summed E-state index contributed by atoms with van der Waals surface area (Å²) in [6.07, 6.45) is 4.51. The molecule has 2 bridgehead atoms. The fraction of sp³-hybridized carbons (Fsp3) is 0.889. The molecule has 0 aromatic rings. The molecule has 3 atom stereocenters. The van der Waals surface area contributed by atoms with Crippen molar-refractivity contribution < 1.29 is 4.79 Å². The highest BCUT2D eigenvalue weighted by Gasteiger charge is 2.33. The lowest BCUT2D eigenvalue weighted by molar-refractivity contribution is -0.122. The summed E-state index contributed by atoms with van der Waals surface area (Å²) in [4.78, 5) is 11.2. The van der Waals surface area contributed by atoms with Crippen LogP contribution in [0, 0.1) is 11.8 Å². The minimum atomic E-state index is 0.268. The van der Waals surface area contributed by atoms with Gasteiger partial charge in [-0.3, -0.25) is 4.79 Å². The Labute approximate surface area is 67.4 Å². The Morgan fingerprint density at radius 1 is 1.45 bits per heavy atom. The van der Waals surface area contributed by atoms with E-state index in [1.54, 1.807) is 0 Å². The summed E-state index contributed by atoms with van der Waals surface area (Å²) >= 11 is 0. The fourth-order valence-corrected chi connectivity index (χ4v) is 2.41. The number of rotatable bonds is 0. The predicted molar refractivity (Wildman–Crippen MR) is 43.1 cm³/mol. The first kappa shape index (κ1) is 7.14. The van der Waals surface area contributed by atoms with E-state index in [0.29, 0.717) is 12.0 Å². The molecule has 0 spiro atoms. The zero-order valence-corrected chi connectivity index (χ0v) is 6.97. The maximum Gasteiger partial charge on any atom is 0.220 e. The zero-order chi connectivity index (χ0) is 7.84. The first-order valence-electron chi connectivity index (χ1n) is 4.55. The van der Waals surface area contributed by atoms with Gasteiger partial charge in [-0.1, -0.05) is 6.92 Å². The largest absolute Gasteiger partial charge is 0.353 e. The molecular formula is C9H15NO. The Bertz CT molecular complexity index is 174. The Kier molecular flexibility index (Phi) is 1.63. The highest BCUT2D eigenvalue weighted by atomic mass is 16.1. The molecule has 1 saturated heterocycles. The van der Waals surface area contributed by atoms with E-state index in [4.69, 9.17) is 0 Å². The van der Waals surface area contributed by atoms with E-state index >= 15 is 0 Å². The normalized spacial score (nSPS) is 43.4. The molecule has 1 N–H and O–H groups in total. The highest BCUT2D eigenvalue weighted by Crippen LogP contribution is 2.35. The molecule has 1 amide bonds. The summed E-state index contributed by atoms with van der Waals surface area (Å²) < 4.78 is 0. The average Bonchev–Trinajstić information content (AvgIpc) is 2.29. The minimum Gasteiger partial charge on any atom is -0.353 e. The van der Waals surface area contributed by atoms with Crippen molar-refractivity contribution in [2.24, 2.45) is 11.8 Å². The Balaban J connectivity index is 2.11. The molecule has 0 aromatic carbocycles. The van der Waals surface area contributed by atoms with Gasteiger partial charge >= 0.3 is 0 Å². The minimum absolute atomic E-state index is 0.268. The Morgan fingerprint density at radius 3 is 3.09 bits per heavy atom. The zero-order valence-electron chi connectivity index (χ0n) is 6.97. The molecule has 2 nitrogen and oxygen atoms in total. The number of fused-ring (bicyclic) bond motifs is 2. The van der Waals surface area contributed by atoms with Gasteiger partial charge in [-0.25, -0.2) is 0 Å². The summed E-state index contributed by atoms with van der Waals surface area (Å²) in [6.45, 7) is 2.21. The van der Waals surface area contributed by atoms with Crippen LogP contribution in [-0.4, -0.2) is 11.9 Å². The lowest BCUT2D eigenvalue weighted by Gasteiger charge is -2.15. The summed E-state index contributed by atoms with van der Waals surface area (Å²) in [7, 11) is 0. The Hall–Kier alpha value is -0.530. The van der Waals surface area contributed by atoms with E-state index in [-0.39, 0.29) is 5.91 Å². The van der Waals surface area contributed by atoms with Crippen molar-refractivity contribution in [1.29, 1.82) is 0 Å². The molecule has 0 unspecified atom stereocenters. The van der Waals surface area contributed by atoms with E-state index in [9.17, 15) is 4.79 Å². The van der Waals surface area contributed by atoms with Crippen LogP contribution in [0.3, 0.4) is 0 Å². The van der Waals surface area contributed by atoms with Gasteiger partial charge in [0.1, 0.15) is 0 Å². The average molecular weight is 153 g/mol. The van der Waals surface area contributed by atoms with Gasteiger partial charge in [0.05, 0.1) is 0 Å². The molecule has 11 heavy (non-hydrogen) atoms. The lowest BCUT2D eigenvalue weighted by Crippen LogP contribution is -2.31. The summed E-state index contributed by atoms with van der Waals surface area (Å²) in [6, 6.07) is 0.512. The quantitative estimate of drug-likeness (QED) is 0.558. The van der Waals surface area contributed by atoms with E-state index in [2.05, 4.69) is 12.2 Å². The van der Waals surface area contributed by atoms with Crippen LogP contribution in [0.15, 0.2) is 0 Å². The molecule has 2 aliphatic rings. The third-order valence-electron chi connectivity index (χ3n) is 3.15. The maximum absolute atomic E-state index is 11.2. The van der Waals surface area contributed by atoms with Gasteiger partial charge < -0.3 is 5.32 Å². The van der Waals surface area contributed by atoms with Gasteiger partial charge in [0.15, 0.2) is 0 Å². The summed E-state index contributed by atoms with van der Waals surface area (Å²) in [5, 5.41) is 3.06. The van der Waals surface area contributed by atoms with E-state index in [1.165, 1.54) is 19.3 Å². The molecule has 0 radical (unpaired) electrons. The van der Waals surface area contributed by atoms with Crippen LogP contribution < -0.4 is 5.32 Å². The number of carbonyl (C=O) groups excluding carboxylic acids is 1. The number of hydrogen-bond acceptors (Lipinski definition) is 1. The maximum atomic E-state index is 11.2. The molecule has 2 fully saturated rings. The summed E-state index contributed by atoms with van der Waals surface area (Å²) in [5.74, 6) is 1.70. The topological polar surface area (TPSA) is 29.1 Å². The van der Waals surface area contributed by atoms with Gasteiger partial charge in [-0.15, -0.1) is 0 Å². The lowest BCUT2D eigenvalue weighted by atomic mass is 9.90. The first-order chi connectivity index (χ1) is 5.25. The number of carbonyl (C=O) groups is 1. The highest BCUT2D eigenvalue weighted by molar-refractivity contribution is 5.76. The molecule has 1 saturated carbocycles. The molecule has 1 heterocycles. The molecule has 62 valence electrons. The van der Waals surface area contributed by atoms with Crippen molar-refractivity contribution in [2.45, 2.75) is 38.6 Å². The van der Waals surface area contributed by atoms with E-state index < -0.39 is 0 Å². The van der Waals surface area contributed by atoms with Crippen molar-refractivity contribution in [2.75, 3.05) is 0 Å². The van der Waals surface area contributed by atoms with Gasteiger partial charge in [-0.2, -0.15) is 0 Å². The smallest absolute Gasteiger partial charge is 0.220 e. The van der Waals surface area contributed by atoms with Crippen LogP contribution in [0.2, 0.25) is 0 Å². The molecule has 1 aliphatic heterocycles. The van der Waals surface area contributed by atoms with Gasteiger partial charge in [0, 0.05) is 12.5 Å². The number of nitrogens with one attached hydrogen (secondary N) is 1. The molecular weight excluding hydrogens is 138 g/mol. The molecule has 1 aliphatic carbocycles. The van der Waals surface area contributed by atoms with Crippen LogP contribution in [0.25, 0.3) is 0 Å². The first-order valence-corrected chi connectivity index (χ1v) is 4.55. The summed E-state index contributed by atoms with van der Waals surface area (Å²) in [5.41, 5.74) is 0. The molecule has 2 rings (SSSR count). The van der Waals surface area contributed by atoms with Crippen molar-refractivity contribution in [1.82, 2.24) is 5.32 Å². The monoisotopic (exact) mass is 153 g/mol. The van der Waals surface area contributed by atoms with Gasteiger partial charge in [-0.05, 0) is 31.1 Å². The fourth-order valence-electron chi connectivity index (χ4n) is 2.41. The van der Waals surface area contributed by atoms with Crippen molar-refractivity contribution >= 4 is 5.91 Å². The van der Waals surface area contributed by atoms with Crippen LogP contribution in [0.5, 0.6) is 0 Å². The third-order valence-corrected chi connectivity index (χ3v) is 3.15. The van der Waals surface area contributed by atoms with Crippen molar-refractivity contribution in [3.63, 3.8) is 0 Å². The van der Waals surface area contributed by atoms with Crippen molar-refractivity contribution in [3.05, 3.63) is 0 Å². The standard InChI is InChI=1S/C9H15NO/c1-6-4-9(11)10-8-3-2-7(6)5-8/h6-8H,2-5H2,1H3,(H,10,11)/t6-,7-,8+/m1/s1. The molecule has 2 heteroatoms. The van der Waals surface area contributed by atoms with E-state index in [1.807, 2.05) is 0 Å². The van der Waals surface area contributed by atoms with Crippen LogP contribution in [0.4, 0.5) is 0 Å². The van der Waals surface area contributed by atoms with E-state index in [0.717, 1.165) is 12.3 Å². The second-order valence-corrected chi connectivity index (χ2v) is 4.02. The van der Waals surface area contributed by atoms with Crippen LogP contribution >= 0.6 is 0 Å². The van der Waals surface area contributed by atoms with Gasteiger partial charge in [0.25, 0.3) is 0 Å². The Morgan fingerprint density at radius 2 is 2.27 bits per heavy atom. The number of hydrogen-bond donors (Lipinski definition) is 1. The predicted octanol–water partition coefficient (Wildman–Crippen LogP) is 1.31. The van der Waals surface area contributed by atoms with Gasteiger partial charge in [0.2, 0.25) is 5.91 Å².